The van der Waals surface area contributed by atoms with Gasteiger partial charge in [-0.05, 0) is 49.2 Å². The molecule has 2 N–H and O–H groups in total. The van der Waals surface area contributed by atoms with E-state index >= 15 is 0 Å². The Balaban J connectivity index is 2.16. The van der Waals surface area contributed by atoms with Crippen LogP contribution in [-0.2, 0) is 0 Å². The number of allylic oxidation sites excluding steroid dienone is 3. The third kappa shape index (κ3) is 3.65. The molecule has 26 heavy (non-hydrogen) atoms. The first-order valence-corrected chi connectivity index (χ1v) is 9.17. The second kappa shape index (κ2) is 7.93. The summed E-state index contributed by atoms with van der Waals surface area (Å²) in [4.78, 5) is 20.9. The number of nitrogens with one attached hydrogen (secondary N) is 2. The lowest BCUT2D eigenvalue weighted by Gasteiger charge is -2.07. The fourth-order valence-corrected chi connectivity index (χ4v) is 3.63. The molecule has 3 rings (SSSR count). The van der Waals surface area contributed by atoms with Gasteiger partial charge in [0, 0.05) is 18.3 Å². The third-order valence-electron chi connectivity index (χ3n) is 3.85. The van der Waals surface area contributed by atoms with Crippen LogP contribution in [0.4, 0.5) is 9.93 Å². The molecule has 2 amide bonds. The van der Waals surface area contributed by atoms with Crippen LogP contribution in [0.25, 0.3) is 27.0 Å². The second-order valence-corrected chi connectivity index (χ2v) is 6.54. The van der Waals surface area contributed by atoms with Crippen molar-refractivity contribution >= 4 is 38.3 Å². The third-order valence-corrected chi connectivity index (χ3v) is 4.87. The number of benzene rings is 1. The number of anilines is 1. The first-order valence-electron chi connectivity index (χ1n) is 8.36. The monoisotopic (exact) mass is 364 g/mol. The van der Waals surface area contributed by atoms with Gasteiger partial charge in [0.25, 0.3) is 0 Å². The summed E-state index contributed by atoms with van der Waals surface area (Å²) in [6, 6.07) is 9.67. The predicted octanol–water partition coefficient (Wildman–Crippen LogP) is 5.09. The van der Waals surface area contributed by atoms with Gasteiger partial charge in [-0.1, -0.05) is 36.1 Å². The molecule has 0 fully saturated rings. The lowest BCUT2D eigenvalue weighted by molar-refractivity contribution is 0.252. The maximum atomic E-state index is 11.8. The van der Waals surface area contributed by atoms with Crippen LogP contribution in [-0.4, -0.2) is 22.5 Å². The number of rotatable bonds is 5. The number of amides is 2. The highest BCUT2D eigenvalue weighted by Gasteiger charge is 2.14. The van der Waals surface area contributed by atoms with E-state index in [1.165, 1.54) is 11.3 Å². The van der Waals surface area contributed by atoms with Crippen LogP contribution in [0.15, 0.2) is 55.3 Å². The fraction of sp³-hybridized carbons (Fsp3) is 0.150. The van der Waals surface area contributed by atoms with Gasteiger partial charge in [-0.15, -0.1) is 0 Å². The van der Waals surface area contributed by atoms with E-state index in [4.69, 9.17) is 0 Å². The smallest absolute Gasteiger partial charge is 0.321 e. The van der Waals surface area contributed by atoms with Gasteiger partial charge in [0.05, 0.1) is 15.9 Å². The highest BCUT2D eigenvalue weighted by molar-refractivity contribution is 7.22. The SMILES string of the molecule is C=C/C(=C\C)c1cc(-c2ccccn2)c2sc(NC(=O)NCC)nc2c1. The van der Waals surface area contributed by atoms with Crippen LogP contribution in [0.5, 0.6) is 0 Å². The summed E-state index contributed by atoms with van der Waals surface area (Å²) in [5.41, 5.74) is 4.72. The van der Waals surface area contributed by atoms with Gasteiger partial charge < -0.3 is 5.32 Å². The average Bonchev–Trinajstić information content (AvgIpc) is 3.05. The maximum Gasteiger partial charge on any atom is 0.321 e. The Bertz CT molecular complexity index is 976. The summed E-state index contributed by atoms with van der Waals surface area (Å²) in [5.74, 6) is 0. The largest absolute Gasteiger partial charge is 0.338 e. The summed E-state index contributed by atoms with van der Waals surface area (Å²) in [7, 11) is 0. The number of aromatic nitrogens is 2. The Labute approximate surface area is 156 Å². The zero-order valence-electron chi connectivity index (χ0n) is 14.7. The van der Waals surface area contributed by atoms with Crippen molar-refractivity contribution in [3.8, 4) is 11.3 Å². The number of thiazole rings is 1. The van der Waals surface area contributed by atoms with Crippen molar-refractivity contribution in [3.05, 3.63) is 60.8 Å². The number of hydrogen-bond acceptors (Lipinski definition) is 4. The normalized spacial score (nSPS) is 11.4. The number of fused-ring (bicyclic) bond motifs is 1. The van der Waals surface area contributed by atoms with Crippen LogP contribution in [0.2, 0.25) is 0 Å². The number of hydrogen-bond donors (Lipinski definition) is 2. The molecule has 0 aliphatic heterocycles. The zero-order chi connectivity index (χ0) is 18.5. The van der Waals surface area contributed by atoms with Crippen LogP contribution < -0.4 is 10.6 Å². The summed E-state index contributed by atoms with van der Waals surface area (Å²) < 4.78 is 0.985. The molecule has 1 aromatic carbocycles. The molecule has 0 aliphatic rings. The number of carbonyl (C=O) groups excluding carboxylic acids is 1. The molecule has 0 bridgehead atoms. The van der Waals surface area contributed by atoms with Gasteiger partial charge in [0.2, 0.25) is 0 Å². The van der Waals surface area contributed by atoms with E-state index in [1.54, 1.807) is 6.20 Å². The van der Waals surface area contributed by atoms with Gasteiger partial charge in [0.15, 0.2) is 5.13 Å². The molecule has 0 aliphatic carbocycles. The summed E-state index contributed by atoms with van der Waals surface area (Å²) in [5, 5.41) is 6.06. The number of urea groups is 1. The first-order chi connectivity index (χ1) is 12.7. The minimum atomic E-state index is -0.258. The molecule has 0 radical (unpaired) electrons. The molecule has 0 atom stereocenters. The van der Waals surface area contributed by atoms with Crippen molar-refractivity contribution < 1.29 is 4.79 Å². The van der Waals surface area contributed by atoms with E-state index in [-0.39, 0.29) is 6.03 Å². The lowest BCUT2D eigenvalue weighted by Crippen LogP contribution is -2.28. The molecule has 3 aromatic rings. The minimum absolute atomic E-state index is 0.258. The molecule has 2 aromatic heterocycles. The average molecular weight is 364 g/mol. The van der Waals surface area contributed by atoms with Crippen LogP contribution in [0.3, 0.4) is 0 Å². The molecular weight excluding hydrogens is 344 g/mol. The topological polar surface area (TPSA) is 66.9 Å². The second-order valence-electron chi connectivity index (χ2n) is 5.54. The van der Waals surface area contributed by atoms with E-state index in [2.05, 4.69) is 33.2 Å². The van der Waals surface area contributed by atoms with Crippen molar-refractivity contribution in [3.63, 3.8) is 0 Å². The highest BCUT2D eigenvalue weighted by atomic mass is 32.1. The standard InChI is InChI=1S/C20H20N4OS/c1-4-13(5-2)14-11-15(16-9-7-8-10-22-16)18-17(12-14)23-20(26-18)24-19(25)21-6-3/h4-5,7-12H,1,6H2,2-3H3,(H2,21,23,24,25)/b13-5+. The molecule has 132 valence electrons. The number of nitrogens with zero attached hydrogens (tertiary/aromatic N) is 2. The molecule has 0 unspecified atom stereocenters. The molecule has 6 heteroatoms. The maximum absolute atomic E-state index is 11.8. The predicted molar refractivity (Wildman–Crippen MR) is 109 cm³/mol. The Kier molecular flexibility index (Phi) is 5.43. The van der Waals surface area contributed by atoms with Gasteiger partial charge in [-0.3, -0.25) is 10.3 Å². The molecule has 5 nitrogen and oxygen atoms in total. The fourth-order valence-electron chi connectivity index (χ4n) is 2.67. The Morgan fingerprint density at radius 3 is 2.85 bits per heavy atom. The van der Waals surface area contributed by atoms with E-state index < -0.39 is 0 Å². The van der Waals surface area contributed by atoms with Crippen LogP contribution in [0.1, 0.15) is 19.4 Å². The van der Waals surface area contributed by atoms with Gasteiger partial charge in [0.1, 0.15) is 0 Å². The lowest BCUT2D eigenvalue weighted by atomic mass is 10.0. The van der Waals surface area contributed by atoms with E-state index in [9.17, 15) is 4.79 Å². The quantitative estimate of drug-likeness (QED) is 0.620. The van der Waals surface area contributed by atoms with Crippen molar-refractivity contribution in [1.29, 1.82) is 0 Å². The van der Waals surface area contributed by atoms with Crippen molar-refractivity contribution in [2.45, 2.75) is 13.8 Å². The zero-order valence-corrected chi connectivity index (χ0v) is 15.6. The van der Waals surface area contributed by atoms with Crippen molar-refractivity contribution in [2.24, 2.45) is 0 Å². The van der Waals surface area contributed by atoms with E-state index in [0.29, 0.717) is 11.7 Å². The van der Waals surface area contributed by atoms with E-state index in [1.807, 2.05) is 50.3 Å². The van der Waals surface area contributed by atoms with Gasteiger partial charge in [-0.25, -0.2) is 9.78 Å². The molecule has 0 saturated heterocycles. The molecular formula is C20H20N4OS. The molecule has 0 saturated carbocycles. The Morgan fingerprint density at radius 2 is 2.19 bits per heavy atom. The summed E-state index contributed by atoms with van der Waals surface area (Å²) in [6.07, 6.45) is 5.60. The molecule has 2 heterocycles. The summed E-state index contributed by atoms with van der Waals surface area (Å²) >= 11 is 1.44. The summed E-state index contributed by atoms with van der Waals surface area (Å²) in [6.45, 7) is 8.30. The molecule has 0 spiro atoms. The van der Waals surface area contributed by atoms with Crippen LogP contribution >= 0.6 is 11.3 Å². The van der Waals surface area contributed by atoms with Crippen LogP contribution in [0, 0.1) is 0 Å². The number of carbonyl (C=O) groups is 1. The Morgan fingerprint density at radius 1 is 1.35 bits per heavy atom. The number of pyridine rings is 1. The minimum Gasteiger partial charge on any atom is -0.338 e. The Hall–Kier alpha value is -2.99. The van der Waals surface area contributed by atoms with Crippen molar-refractivity contribution in [2.75, 3.05) is 11.9 Å². The first kappa shape index (κ1) is 17.8. The highest BCUT2D eigenvalue weighted by Crippen LogP contribution is 2.37. The van der Waals surface area contributed by atoms with E-state index in [0.717, 1.165) is 32.6 Å². The van der Waals surface area contributed by atoms with Gasteiger partial charge in [-0.2, -0.15) is 0 Å². The van der Waals surface area contributed by atoms with Gasteiger partial charge >= 0.3 is 6.03 Å². The van der Waals surface area contributed by atoms with Crippen molar-refractivity contribution in [1.82, 2.24) is 15.3 Å².